The number of hydrogen-bond donors (Lipinski definition) is 1. The van der Waals surface area contributed by atoms with Crippen LogP contribution in [0.1, 0.15) is 6.92 Å². The van der Waals surface area contributed by atoms with Crippen LogP contribution in [0, 0.1) is 0 Å². The van der Waals surface area contributed by atoms with Crippen LogP contribution in [0.3, 0.4) is 0 Å². The maximum Gasteiger partial charge on any atom is 0.237 e. The van der Waals surface area contributed by atoms with E-state index in [1.54, 1.807) is 11.6 Å². The van der Waals surface area contributed by atoms with E-state index in [2.05, 4.69) is 20.8 Å². The molecule has 3 rings (SSSR count). The number of tetrazole rings is 1. The molecule has 1 atom stereocenters. The fraction of sp³-hybridized carbons (Fsp3) is 0.125. The van der Waals surface area contributed by atoms with Gasteiger partial charge < -0.3 is 5.32 Å². The minimum absolute atomic E-state index is 0.266. The number of rotatable bonds is 5. The van der Waals surface area contributed by atoms with Gasteiger partial charge in [-0.3, -0.25) is 4.79 Å². The summed E-state index contributed by atoms with van der Waals surface area (Å²) in [4.78, 5) is 12.5. The first-order valence-corrected chi connectivity index (χ1v) is 9.43. The smallest absolute Gasteiger partial charge is 0.237 e. The Morgan fingerprint density at radius 3 is 2.54 bits per heavy atom. The van der Waals surface area contributed by atoms with Crippen LogP contribution in [-0.2, 0) is 4.79 Å². The van der Waals surface area contributed by atoms with Gasteiger partial charge in [0.25, 0.3) is 0 Å². The van der Waals surface area contributed by atoms with E-state index in [0.717, 1.165) is 5.69 Å². The Kier molecular flexibility index (Phi) is 6.03. The second-order valence-electron chi connectivity index (χ2n) is 5.20. The van der Waals surface area contributed by atoms with Crippen LogP contribution in [-0.4, -0.2) is 31.4 Å². The molecule has 0 fully saturated rings. The molecular formula is C16H12Cl3N5OS. The van der Waals surface area contributed by atoms with Crippen LogP contribution in [0.5, 0.6) is 0 Å². The Morgan fingerprint density at radius 2 is 1.81 bits per heavy atom. The van der Waals surface area contributed by atoms with Crippen LogP contribution in [0.25, 0.3) is 5.69 Å². The molecule has 0 aliphatic carbocycles. The number of nitrogens with zero attached hydrogens (tertiary/aromatic N) is 4. The lowest BCUT2D eigenvalue weighted by Gasteiger charge is -2.13. The van der Waals surface area contributed by atoms with E-state index in [0.29, 0.717) is 25.9 Å². The molecule has 0 saturated heterocycles. The predicted molar refractivity (Wildman–Crippen MR) is 105 cm³/mol. The molecule has 1 N–H and O–H groups in total. The highest BCUT2D eigenvalue weighted by molar-refractivity contribution is 8.00. The molecule has 1 aromatic heterocycles. The molecule has 134 valence electrons. The number of carbonyl (C=O) groups excluding carboxylic acids is 1. The van der Waals surface area contributed by atoms with Crippen molar-refractivity contribution in [1.82, 2.24) is 20.2 Å². The lowest BCUT2D eigenvalue weighted by Crippen LogP contribution is -2.23. The zero-order valence-corrected chi connectivity index (χ0v) is 16.4. The van der Waals surface area contributed by atoms with Crippen LogP contribution in [0.15, 0.2) is 47.6 Å². The van der Waals surface area contributed by atoms with Crippen molar-refractivity contribution in [3.05, 3.63) is 57.5 Å². The van der Waals surface area contributed by atoms with Gasteiger partial charge >= 0.3 is 0 Å². The summed E-state index contributed by atoms with van der Waals surface area (Å²) in [5.74, 6) is -0.266. The number of nitrogens with one attached hydrogen (secondary N) is 1. The second-order valence-corrected chi connectivity index (χ2v) is 7.73. The summed E-state index contributed by atoms with van der Waals surface area (Å²) in [6, 6.07) is 12.4. The Balaban J connectivity index is 1.73. The summed E-state index contributed by atoms with van der Waals surface area (Å²) in [7, 11) is 0. The van der Waals surface area contributed by atoms with E-state index < -0.39 is 5.25 Å². The Hall–Kier alpha value is -1.80. The van der Waals surface area contributed by atoms with Gasteiger partial charge in [0.2, 0.25) is 11.1 Å². The van der Waals surface area contributed by atoms with Crippen molar-refractivity contribution in [2.45, 2.75) is 17.3 Å². The minimum Gasteiger partial charge on any atom is -0.324 e. The Bertz CT molecular complexity index is 935. The zero-order valence-electron chi connectivity index (χ0n) is 13.4. The van der Waals surface area contributed by atoms with Gasteiger partial charge in [0, 0.05) is 0 Å². The number of amides is 1. The highest BCUT2D eigenvalue weighted by atomic mass is 35.5. The SMILES string of the molecule is CC(Sc1nnnn1-c1ccccc1)C(=O)Nc1cc(Cl)c(Cl)cc1Cl. The molecule has 10 heteroatoms. The summed E-state index contributed by atoms with van der Waals surface area (Å²) in [5, 5.41) is 15.3. The van der Waals surface area contributed by atoms with Gasteiger partial charge in [-0.2, -0.15) is 4.68 Å². The zero-order chi connectivity index (χ0) is 18.7. The lowest BCUT2D eigenvalue weighted by atomic mass is 10.3. The minimum atomic E-state index is -0.478. The normalized spacial score (nSPS) is 12.0. The van der Waals surface area contributed by atoms with Crippen molar-refractivity contribution >= 4 is 58.2 Å². The monoisotopic (exact) mass is 427 g/mol. The van der Waals surface area contributed by atoms with Gasteiger partial charge in [-0.05, 0) is 41.6 Å². The van der Waals surface area contributed by atoms with E-state index in [1.165, 1.54) is 23.9 Å². The molecule has 6 nitrogen and oxygen atoms in total. The summed E-state index contributed by atoms with van der Waals surface area (Å²) < 4.78 is 1.57. The molecule has 2 aromatic carbocycles. The van der Waals surface area contributed by atoms with Crippen molar-refractivity contribution in [3.8, 4) is 5.69 Å². The van der Waals surface area contributed by atoms with E-state index in [4.69, 9.17) is 34.8 Å². The summed E-state index contributed by atoms with van der Waals surface area (Å²) in [6.45, 7) is 1.75. The average molecular weight is 429 g/mol. The maximum atomic E-state index is 12.5. The molecule has 0 bridgehead atoms. The molecule has 0 aliphatic heterocycles. The molecular weight excluding hydrogens is 417 g/mol. The maximum absolute atomic E-state index is 12.5. The largest absolute Gasteiger partial charge is 0.324 e. The first-order valence-electron chi connectivity index (χ1n) is 7.41. The number of carbonyl (C=O) groups is 1. The van der Waals surface area contributed by atoms with E-state index in [-0.39, 0.29) is 5.91 Å². The molecule has 1 unspecified atom stereocenters. The molecule has 3 aromatic rings. The molecule has 0 aliphatic rings. The van der Waals surface area contributed by atoms with Gasteiger partial charge in [0.05, 0.1) is 31.7 Å². The van der Waals surface area contributed by atoms with Crippen LogP contribution >= 0.6 is 46.6 Å². The fourth-order valence-corrected chi connectivity index (χ4v) is 3.45. The van der Waals surface area contributed by atoms with Gasteiger partial charge in [0.15, 0.2) is 0 Å². The third-order valence-electron chi connectivity index (χ3n) is 3.36. The van der Waals surface area contributed by atoms with E-state index in [9.17, 15) is 4.79 Å². The molecule has 1 heterocycles. The van der Waals surface area contributed by atoms with E-state index >= 15 is 0 Å². The highest BCUT2D eigenvalue weighted by Gasteiger charge is 2.20. The van der Waals surface area contributed by atoms with Crippen LogP contribution < -0.4 is 5.32 Å². The number of anilines is 1. The number of aromatic nitrogens is 4. The second kappa shape index (κ2) is 8.26. The van der Waals surface area contributed by atoms with Gasteiger partial charge in [-0.25, -0.2) is 0 Å². The summed E-state index contributed by atoms with van der Waals surface area (Å²) in [6.07, 6.45) is 0. The Labute approximate surface area is 168 Å². The molecule has 0 radical (unpaired) electrons. The molecule has 1 amide bonds. The van der Waals surface area contributed by atoms with Crippen molar-refractivity contribution in [3.63, 3.8) is 0 Å². The van der Waals surface area contributed by atoms with Crippen molar-refractivity contribution < 1.29 is 4.79 Å². The fourth-order valence-electron chi connectivity index (χ4n) is 2.05. The topological polar surface area (TPSA) is 72.7 Å². The number of hydrogen-bond acceptors (Lipinski definition) is 5. The number of halogens is 3. The standard InChI is InChI=1S/C16H12Cl3N5OS/c1-9(15(25)20-14-8-12(18)11(17)7-13(14)19)26-16-21-22-23-24(16)10-5-3-2-4-6-10/h2-9H,1H3,(H,20,25). The number of thioether (sulfide) groups is 1. The number of para-hydroxylation sites is 1. The van der Waals surface area contributed by atoms with Gasteiger partial charge in [-0.15, -0.1) is 5.10 Å². The summed E-state index contributed by atoms with van der Waals surface area (Å²) in [5.41, 5.74) is 1.20. The first-order chi connectivity index (χ1) is 12.5. The Morgan fingerprint density at radius 1 is 1.12 bits per heavy atom. The predicted octanol–water partition coefficient (Wildman–Crippen LogP) is 4.74. The lowest BCUT2D eigenvalue weighted by molar-refractivity contribution is -0.115. The van der Waals surface area contributed by atoms with Crippen LogP contribution in [0.2, 0.25) is 15.1 Å². The van der Waals surface area contributed by atoms with Crippen LogP contribution in [0.4, 0.5) is 5.69 Å². The van der Waals surface area contributed by atoms with Crippen molar-refractivity contribution in [2.75, 3.05) is 5.32 Å². The quantitative estimate of drug-likeness (QED) is 0.469. The molecule has 0 spiro atoms. The molecule has 26 heavy (non-hydrogen) atoms. The van der Waals surface area contributed by atoms with Gasteiger partial charge in [-0.1, -0.05) is 64.8 Å². The van der Waals surface area contributed by atoms with Gasteiger partial charge in [0.1, 0.15) is 0 Å². The molecule has 0 saturated carbocycles. The summed E-state index contributed by atoms with van der Waals surface area (Å²) >= 11 is 19.2. The van der Waals surface area contributed by atoms with Crippen molar-refractivity contribution in [1.29, 1.82) is 0 Å². The third-order valence-corrected chi connectivity index (χ3v) is 5.43. The highest BCUT2D eigenvalue weighted by Crippen LogP contribution is 2.33. The number of benzene rings is 2. The van der Waals surface area contributed by atoms with E-state index in [1.807, 2.05) is 30.3 Å². The third kappa shape index (κ3) is 4.29. The van der Waals surface area contributed by atoms with Crippen molar-refractivity contribution in [2.24, 2.45) is 0 Å². The average Bonchev–Trinajstić information content (AvgIpc) is 3.08. The first kappa shape index (κ1) is 19.0.